The summed E-state index contributed by atoms with van der Waals surface area (Å²) >= 11 is 0. The number of carbonyl (C=O) groups is 1. The number of aromatic nitrogens is 2. The summed E-state index contributed by atoms with van der Waals surface area (Å²) in [6, 6.07) is 7.76. The van der Waals surface area contributed by atoms with E-state index in [0.29, 0.717) is 26.3 Å². The van der Waals surface area contributed by atoms with Crippen molar-refractivity contribution in [2.75, 3.05) is 44.3 Å². The Hall–Kier alpha value is -2.83. The van der Waals surface area contributed by atoms with Crippen LogP contribution in [0.2, 0.25) is 0 Å². The van der Waals surface area contributed by atoms with E-state index in [1.807, 2.05) is 29.2 Å². The molecule has 1 aromatic carbocycles. The molecule has 27 heavy (non-hydrogen) atoms. The van der Waals surface area contributed by atoms with Crippen LogP contribution in [0.25, 0.3) is 0 Å². The fourth-order valence-electron chi connectivity index (χ4n) is 3.96. The molecule has 2 aliphatic heterocycles. The van der Waals surface area contributed by atoms with Crippen LogP contribution in [0.5, 0.6) is 11.5 Å². The maximum atomic E-state index is 13.3. The molecule has 2 fully saturated rings. The van der Waals surface area contributed by atoms with E-state index in [2.05, 4.69) is 14.9 Å². The summed E-state index contributed by atoms with van der Waals surface area (Å²) in [4.78, 5) is 26.0. The lowest BCUT2D eigenvalue weighted by atomic mass is 9.93. The highest BCUT2D eigenvalue weighted by Gasteiger charge is 2.53. The van der Waals surface area contributed by atoms with Gasteiger partial charge in [0.05, 0.1) is 5.41 Å². The third-order valence-corrected chi connectivity index (χ3v) is 5.66. The van der Waals surface area contributed by atoms with Gasteiger partial charge in [0, 0.05) is 38.6 Å². The largest absolute Gasteiger partial charge is 0.486 e. The van der Waals surface area contributed by atoms with Gasteiger partial charge in [0.1, 0.15) is 13.2 Å². The zero-order valence-electron chi connectivity index (χ0n) is 15.1. The van der Waals surface area contributed by atoms with Crippen molar-refractivity contribution >= 4 is 11.9 Å². The van der Waals surface area contributed by atoms with Crippen molar-refractivity contribution in [1.82, 2.24) is 14.9 Å². The smallest absolute Gasteiger partial charge is 0.233 e. The minimum absolute atomic E-state index is 0.229. The molecule has 0 radical (unpaired) electrons. The molecule has 140 valence electrons. The van der Waals surface area contributed by atoms with Gasteiger partial charge in [0.2, 0.25) is 11.9 Å². The van der Waals surface area contributed by atoms with Gasteiger partial charge in [0.15, 0.2) is 11.5 Å². The second-order valence-electron chi connectivity index (χ2n) is 7.27. The van der Waals surface area contributed by atoms with Crippen molar-refractivity contribution in [2.45, 2.75) is 18.3 Å². The summed E-state index contributed by atoms with van der Waals surface area (Å²) in [5.74, 6) is 2.49. The minimum Gasteiger partial charge on any atom is -0.486 e. The van der Waals surface area contributed by atoms with Crippen LogP contribution in [0.3, 0.4) is 0 Å². The molecule has 1 saturated carbocycles. The van der Waals surface area contributed by atoms with Gasteiger partial charge < -0.3 is 19.3 Å². The lowest BCUT2D eigenvalue weighted by Crippen LogP contribution is -2.52. The molecular formula is C20H22N4O3. The monoisotopic (exact) mass is 366 g/mol. The van der Waals surface area contributed by atoms with Crippen molar-refractivity contribution in [1.29, 1.82) is 0 Å². The van der Waals surface area contributed by atoms with Crippen LogP contribution in [-0.2, 0) is 10.2 Å². The molecule has 0 spiro atoms. The van der Waals surface area contributed by atoms with E-state index in [0.717, 1.165) is 48.9 Å². The Bertz CT molecular complexity index is 846. The van der Waals surface area contributed by atoms with E-state index >= 15 is 0 Å². The van der Waals surface area contributed by atoms with Gasteiger partial charge in [-0.1, -0.05) is 6.07 Å². The number of amides is 1. The molecule has 0 atom stereocenters. The molecule has 7 nitrogen and oxygen atoms in total. The fourth-order valence-corrected chi connectivity index (χ4v) is 3.96. The normalized spacial score (nSPS) is 20.3. The first-order valence-electron chi connectivity index (χ1n) is 9.48. The van der Waals surface area contributed by atoms with Crippen molar-refractivity contribution < 1.29 is 14.3 Å². The number of anilines is 1. The molecule has 0 N–H and O–H groups in total. The topological polar surface area (TPSA) is 67.8 Å². The zero-order chi connectivity index (χ0) is 18.3. The number of piperazine rings is 1. The van der Waals surface area contributed by atoms with Crippen LogP contribution >= 0.6 is 0 Å². The summed E-state index contributed by atoms with van der Waals surface area (Å²) in [5.41, 5.74) is 0.659. The summed E-state index contributed by atoms with van der Waals surface area (Å²) in [5, 5.41) is 0. The molecule has 0 bridgehead atoms. The van der Waals surface area contributed by atoms with E-state index < -0.39 is 0 Å². The number of hydrogen-bond donors (Lipinski definition) is 0. The molecule has 1 aliphatic carbocycles. The number of rotatable bonds is 3. The Balaban J connectivity index is 1.30. The predicted molar refractivity (Wildman–Crippen MR) is 99.2 cm³/mol. The second kappa shape index (κ2) is 6.40. The zero-order valence-corrected chi connectivity index (χ0v) is 15.1. The van der Waals surface area contributed by atoms with Gasteiger partial charge in [-0.15, -0.1) is 0 Å². The van der Waals surface area contributed by atoms with Crippen molar-refractivity contribution in [3.05, 3.63) is 42.2 Å². The van der Waals surface area contributed by atoms with Crippen LogP contribution in [0.1, 0.15) is 18.4 Å². The number of ether oxygens (including phenoxy) is 2. The molecule has 0 unspecified atom stereocenters. The number of benzene rings is 1. The maximum Gasteiger partial charge on any atom is 0.233 e. The van der Waals surface area contributed by atoms with Gasteiger partial charge in [-0.2, -0.15) is 0 Å². The maximum absolute atomic E-state index is 13.3. The summed E-state index contributed by atoms with van der Waals surface area (Å²) in [6.45, 7) is 4.04. The first kappa shape index (κ1) is 16.4. The standard InChI is InChI=1S/C20H22N4O3/c25-18(23-8-10-24(11-9-23)19-21-6-1-7-22-19)20(4-5-20)15-2-3-16-17(14-15)27-13-12-26-16/h1-3,6-7,14H,4-5,8-13H2. The lowest BCUT2D eigenvalue weighted by molar-refractivity contribution is -0.134. The molecule has 5 rings (SSSR count). The SMILES string of the molecule is O=C(N1CCN(c2ncccn2)CC1)C1(c2ccc3c(c2)OCCO3)CC1. The average Bonchev–Trinajstić information content (AvgIpc) is 3.56. The number of fused-ring (bicyclic) bond motifs is 1. The summed E-state index contributed by atoms with van der Waals surface area (Å²) < 4.78 is 11.3. The van der Waals surface area contributed by atoms with Crippen molar-refractivity contribution in [2.24, 2.45) is 0 Å². The number of hydrogen-bond acceptors (Lipinski definition) is 6. The molecule has 1 saturated heterocycles. The summed E-state index contributed by atoms with van der Waals surface area (Å²) in [6.07, 6.45) is 5.29. The summed E-state index contributed by atoms with van der Waals surface area (Å²) in [7, 11) is 0. The molecule has 1 aromatic heterocycles. The molecular weight excluding hydrogens is 344 g/mol. The molecule has 1 amide bonds. The van der Waals surface area contributed by atoms with Gasteiger partial charge >= 0.3 is 0 Å². The van der Waals surface area contributed by atoms with Crippen LogP contribution < -0.4 is 14.4 Å². The molecule has 2 aromatic rings. The quantitative estimate of drug-likeness (QED) is 0.823. The predicted octanol–water partition coefficient (Wildman–Crippen LogP) is 1.63. The molecule has 7 heteroatoms. The number of nitrogens with zero attached hydrogens (tertiary/aromatic N) is 4. The van der Waals surface area contributed by atoms with E-state index in [4.69, 9.17) is 9.47 Å². The average molecular weight is 366 g/mol. The fraction of sp³-hybridized carbons (Fsp3) is 0.450. The highest BCUT2D eigenvalue weighted by atomic mass is 16.6. The highest BCUT2D eigenvalue weighted by molar-refractivity contribution is 5.91. The van der Waals surface area contributed by atoms with E-state index in [1.165, 1.54) is 0 Å². The number of carbonyl (C=O) groups excluding carboxylic acids is 1. The Kier molecular flexibility index (Phi) is 3.88. The first-order valence-corrected chi connectivity index (χ1v) is 9.48. The molecule has 3 aliphatic rings. The third-order valence-electron chi connectivity index (χ3n) is 5.66. The van der Waals surface area contributed by atoms with Crippen molar-refractivity contribution in [3.8, 4) is 11.5 Å². The lowest BCUT2D eigenvalue weighted by Gasteiger charge is -2.36. The van der Waals surface area contributed by atoms with E-state index in [9.17, 15) is 4.79 Å². The second-order valence-corrected chi connectivity index (χ2v) is 7.27. The van der Waals surface area contributed by atoms with Crippen LogP contribution in [0.4, 0.5) is 5.95 Å². The highest BCUT2D eigenvalue weighted by Crippen LogP contribution is 2.51. The van der Waals surface area contributed by atoms with Gasteiger partial charge in [0.25, 0.3) is 0 Å². The molecule has 3 heterocycles. The van der Waals surface area contributed by atoms with E-state index in [1.54, 1.807) is 12.4 Å². The third kappa shape index (κ3) is 2.87. The van der Waals surface area contributed by atoms with Crippen LogP contribution in [0.15, 0.2) is 36.7 Å². The first-order chi connectivity index (χ1) is 13.3. The Morgan fingerprint density at radius 1 is 0.963 bits per heavy atom. The minimum atomic E-state index is -0.388. The Morgan fingerprint density at radius 3 is 2.37 bits per heavy atom. The Labute approximate surface area is 157 Å². The van der Waals surface area contributed by atoms with Crippen LogP contribution in [0, 0.1) is 0 Å². The van der Waals surface area contributed by atoms with Gasteiger partial charge in [-0.25, -0.2) is 9.97 Å². The van der Waals surface area contributed by atoms with Crippen LogP contribution in [-0.4, -0.2) is 60.2 Å². The Morgan fingerprint density at radius 2 is 1.67 bits per heavy atom. The van der Waals surface area contributed by atoms with Gasteiger partial charge in [-0.05, 0) is 36.6 Å². The van der Waals surface area contributed by atoms with E-state index in [-0.39, 0.29) is 11.3 Å². The van der Waals surface area contributed by atoms with Crippen molar-refractivity contribution in [3.63, 3.8) is 0 Å². The van der Waals surface area contributed by atoms with Gasteiger partial charge in [-0.3, -0.25) is 4.79 Å².